The molecule has 0 amide bonds. The minimum atomic E-state index is 0.639. The molecule has 0 aromatic rings. The molecular formula is C8H14Cl2N2. The number of hydrogen-bond donors (Lipinski definition) is 1. The van der Waals surface area contributed by atoms with E-state index in [0.29, 0.717) is 11.1 Å². The number of rotatable bonds is 4. The van der Waals surface area contributed by atoms with Gasteiger partial charge in [0, 0.05) is 36.2 Å². The van der Waals surface area contributed by atoms with Gasteiger partial charge in [-0.25, -0.2) is 0 Å². The van der Waals surface area contributed by atoms with E-state index in [2.05, 4.69) is 17.1 Å². The summed E-state index contributed by atoms with van der Waals surface area (Å²) in [5.41, 5.74) is 1.44. The monoisotopic (exact) mass is 208 g/mol. The molecule has 1 aliphatic rings. The van der Waals surface area contributed by atoms with Crippen LogP contribution in [0.5, 0.6) is 0 Å². The van der Waals surface area contributed by atoms with Crippen LogP contribution in [0.2, 0.25) is 0 Å². The highest BCUT2D eigenvalue weighted by molar-refractivity contribution is 6.36. The molecule has 0 aliphatic carbocycles. The Morgan fingerprint density at radius 3 is 2.67 bits per heavy atom. The van der Waals surface area contributed by atoms with Crippen molar-refractivity contribution in [1.82, 2.24) is 10.2 Å². The Labute approximate surface area is 83.5 Å². The van der Waals surface area contributed by atoms with Gasteiger partial charge in [-0.15, -0.1) is 0 Å². The first kappa shape index (κ1) is 10.3. The van der Waals surface area contributed by atoms with Gasteiger partial charge in [-0.2, -0.15) is 0 Å². The predicted octanol–water partition coefficient (Wildman–Crippen LogP) is 1.60. The van der Waals surface area contributed by atoms with Crippen LogP contribution in [0.25, 0.3) is 0 Å². The molecule has 0 aromatic carbocycles. The molecule has 0 bridgehead atoms. The maximum Gasteiger partial charge on any atom is 0.0434 e. The first-order valence-electron chi connectivity index (χ1n) is 4.17. The summed E-state index contributed by atoms with van der Waals surface area (Å²) in [6.45, 7) is 6.07. The van der Waals surface area contributed by atoms with E-state index in [1.807, 2.05) is 0 Å². The summed E-state index contributed by atoms with van der Waals surface area (Å²) in [4.78, 5) is 2.32. The lowest BCUT2D eigenvalue weighted by atomic mass is 10.1. The van der Waals surface area contributed by atoms with Crippen LogP contribution < -0.4 is 5.32 Å². The molecule has 0 unspecified atom stereocenters. The second-order valence-corrected chi connectivity index (χ2v) is 3.63. The van der Waals surface area contributed by atoms with Crippen molar-refractivity contribution in [1.29, 1.82) is 0 Å². The molecule has 70 valence electrons. The van der Waals surface area contributed by atoms with Gasteiger partial charge in [-0.05, 0) is 6.54 Å². The molecule has 1 heterocycles. The topological polar surface area (TPSA) is 15.3 Å². The second-order valence-electron chi connectivity index (χ2n) is 2.93. The maximum absolute atomic E-state index is 5.83. The van der Waals surface area contributed by atoms with E-state index in [4.69, 9.17) is 23.2 Å². The van der Waals surface area contributed by atoms with Gasteiger partial charge in [0.15, 0.2) is 0 Å². The average Bonchev–Trinajstić information content (AvgIpc) is 1.99. The van der Waals surface area contributed by atoms with Gasteiger partial charge in [0.1, 0.15) is 0 Å². The fraction of sp³-hybridized carbons (Fsp3) is 0.750. The highest BCUT2D eigenvalue weighted by atomic mass is 35.5. The first-order chi connectivity index (χ1) is 5.77. The Bertz CT molecular complexity index is 166. The Hall–Kier alpha value is 0.240. The van der Waals surface area contributed by atoms with Crippen molar-refractivity contribution < 1.29 is 0 Å². The fourth-order valence-corrected chi connectivity index (χ4v) is 1.48. The lowest BCUT2D eigenvalue weighted by Gasteiger charge is -2.37. The maximum atomic E-state index is 5.83. The van der Waals surface area contributed by atoms with Gasteiger partial charge >= 0.3 is 0 Å². The standard InChI is InChI=1S/C8H14Cl2N2/c1-2-12(6-7(10)3-9)8-4-11-5-8/h3,8,11H,2,4-6H2,1H3. The van der Waals surface area contributed by atoms with Crippen LogP contribution >= 0.6 is 23.2 Å². The predicted molar refractivity (Wildman–Crippen MR) is 53.7 cm³/mol. The molecule has 1 aliphatic heterocycles. The molecular weight excluding hydrogens is 195 g/mol. The fourth-order valence-electron chi connectivity index (χ4n) is 1.26. The number of likely N-dealkylation sites (N-methyl/N-ethyl adjacent to an activating group) is 1. The summed E-state index contributed by atoms with van der Waals surface area (Å²) >= 11 is 11.3. The molecule has 1 N–H and O–H groups in total. The van der Waals surface area contributed by atoms with Crippen molar-refractivity contribution in [2.75, 3.05) is 26.2 Å². The molecule has 1 fully saturated rings. The van der Waals surface area contributed by atoms with E-state index < -0.39 is 0 Å². The third-order valence-electron chi connectivity index (χ3n) is 2.16. The van der Waals surface area contributed by atoms with Crippen molar-refractivity contribution in [2.24, 2.45) is 0 Å². The number of hydrogen-bond acceptors (Lipinski definition) is 2. The zero-order valence-electron chi connectivity index (χ0n) is 7.19. The SMILES string of the molecule is CCN(CC(Cl)=CCl)C1CNC1. The Morgan fingerprint density at radius 1 is 1.67 bits per heavy atom. The van der Waals surface area contributed by atoms with Crippen molar-refractivity contribution in [2.45, 2.75) is 13.0 Å². The molecule has 2 nitrogen and oxygen atoms in total. The van der Waals surface area contributed by atoms with E-state index in [-0.39, 0.29) is 0 Å². The second kappa shape index (κ2) is 5.07. The highest BCUT2D eigenvalue weighted by Gasteiger charge is 2.23. The minimum Gasteiger partial charge on any atom is -0.314 e. The first-order valence-corrected chi connectivity index (χ1v) is 4.99. The number of halogens is 2. The van der Waals surface area contributed by atoms with Gasteiger partial charge in [0.25, 0.3) is 0 Å². The summed E-state index contributed by atoms with van der Waals surface area (Å²) in [6, 6.07) is 0.639. The highest BCUT2D eigenvalue weighted by Crippen LogP contribution is 2.11. The molecule has 0 saturated carbocycles. The van der Waals surface area contributed by atoms with Crippen molar-refractivity contribution in [3.63, 3.8) is 0 Å². The van der Waals surface area contributed by atoms with E-state index >= 15 is 0 Å². The Kier molecular flexibility index (Phi) is 4.36. The van der Waals surface area contributed by atoms with Gasteiger partial charge in [0.2, 0.25) is 0 Å². The van der Waals surface area contributed by atoms with Crippen LogP contribution in [0.15, 0.2) is 10.6 Å². The van der Waals surface area contributed by atoms with Gasteiger partial charge in [-0.3, -0.25) is 4.90 Å². The van der Waals surface area contributed by atoms with Crippen molar-refractivity contribution >= 4 is 23.2 Å². The minimum absolute atomic E-state index is 0.639. The molecule has 4 heteroatoms. The van der Waals surface area contributed by atoms with Crippen molar-refractivity contribution in [3.8, 4) is 0 Å². The number of nitrogens with zero attached hydrogens (tertiary/aromatic N) is 1. The largest absolute Gasteiger partial charge is 0.314 e. The van der Waals surface area contributed by atoms with Crippen LogP contribution in [0, 0.1) is 0 Å². The lowest BCUT2D eigenvalue weighted by Crippen LogP contribution is -2.57. The lowest BCUT2D eigenvalue weighted by molar-refractivity contribution is 0.168. The van der Waals surface area contributed by atoms with Crippen LogP contribution in [-0.2, 0) is 0 Å². The van der Waals surface area contributed by atoms with Gasteiger partial charge < -0.3 is 5.32 Å². The zero-order valence-corrected chi connectivity index (χ0v) is 8.70. The van der Waals surface area contributed by atoms with E-state index in [1.165, 1.54) is 5.54 Å². The summed E-state index contributed by atoms with van der Waals surface area (Å²) < 4.78 is 0. The smallest absolute Gasteiger partial charge is 0.0434 e. The van der Waals surface area contributed by atoms with E-state index in [1.54, 1.807) is 0 Å². The molecule has 12 heavy (non-hydrogen) atoms. The average molecular weight is 209 g/mol. The Morgan fingerprint density at radius 2 is 2.33 bits per heavy atom. The molecule has 0 spiro atoms. The Balaban J connectivity index is 2.34. The third kappa shape index (κ3) is 2.63. The summed E-state index contributed by atoms with van der Waals surface area (Å²) in [7, 11) is 0. The van der Waals surface area contributed by atoms with Crippen LogP contribution in [0.4, 0.5) is 0 Å². The molecule has 0 atom stereocenters. The molecule has 1 rings (SSSR count). The number of nitrogens with one attached hydrogen (secondary N) is 1. The summed E-state index contributed by atoms with van der Waals surface area (Å²) in [6.07, 6.45) is 0. The van der Waals surface area contributed by atoms with Gasteiger partial charge in [-0.1, -0.05) is 30.1 Å². The quantitative estimate of drug-likeness (QED) is 0.756. The molecule has 0 radical (unpaired) electrons. The normalized spacial score (nSPS) is 19.8. The third-order valence-corrected chi connectivity index (χ3v) is 2.76. The van der Waals surface area contributed by atoms with Crippen molar-refractivity contribution in [3.05, 3.63) is 10.6 Å². The van der Waals surface area contributed by atoms with E-state index in [9.17, 15) is 0 Å². The van der Waals surface area contributed by atoms with Crippen LogP contribution in [0.1, 0.15) is 6.92 Å². The van der Waals surface area contributed by atoms with Crippen LogP contribution in [-0.4, -0.2) is 37.1 Å². The van der Waals surface area contributed by atoms with E-state index in [0.717, 1.165) is 26.2 Å². The van der Waals surface area contributed by atoms with Gasteiger partial charge in [0.05, 0.1) is 0 Å². The molecule has 0 aromatic heterocycles. The summed E-state index contributed by atoms with van der Waals surface area (Å²) in [5.74, 6) is 0. The molecule has 1 saturated heterocycles. The summed E-state index contributed by atoms with van der Waals surface area (Å²) in [5, 5.41) is 3.94. The van der Waals surface area contributed by atoms with Crippen LogP contribution in [0.3, 0.4) is 0 Å². The zero-order chi connectivity index (χ0) is 8.97.